The molecule has 6 nitrogen and oxygen atoms in total. The molecule has 0 saturated carbocycles. The van der Waals surface area contributed by atoms with Crippen LogP contribution in [0.2, 0.25) is 0 Å². The number of guanidine groups is 1. The predicted octanol–water partition coefficient (Wildman–Crippen LogP) is 4.50. The Morgan fingerprint density at radius 1 is 1.30 bits per heavy atom. The van der Waals surface area contributed by atoms with Gasteiger partial charge in [-0.1, -0.05) is 12.1 Å². The largest absolute Gasteiger partial charge is 0.491 e. The zero-order chi connectivity index (χ0) is 20.6. The minimum absolute atomic E-state index is 0. The standard InChI is InChI=1S/C22H32N4O2S.HI/c1-5-23-22(25-13-21-16(3)26-17(4)29-21)24-12-18-9-8-15(2)11-20(18)28-14-19-7-6-10-27-19;/h8-9,11,19H,5-7,10,12-14H2,1-4H3,(H2,23,24,25);1H. The van der Waals surface area contributed by atoms with Crippen LogP contribution in [0, 0.1) is 20.8 Å². The van der Waals surface area contributed by atoms with E-state index in [2.05, 4.69) is 54.6 Å². The minimum atomic E-state index is 0. The molecule has 1 aromatic heterocycles. The molecule has 2 aromatic rings. The van der Waals surface area contributed by atoms with Gasteiger partial charge in [0.1, 0.15) is 12.4 Å². The zero-order valence-corrected chi connectivity index (χ0v) is 21.4. The summed E-state index contributed by atoms with van der Waals surface area (Å²) in [6.45, 7) is 11.8. The number of hydrogen-bond acceptors (Lipinski definition) is 5. The third-order valence-electron chi connectivity index (χ3n) is 4.84. The van der Waals surface area contributed by atoms with Gasteiger partial charge in [-0.25, -0.2) is 9.98 Å². The molecule has 1 aromatic carbocycles. The molecule has 2 N–H and O–H groups in total. The summed E-state index contributed by atoms with van der Waals surface area (Å²) in [5.74, 6) is 1.69. The van der Waals surface area contributed by atoms with E-state index in [4.69, 9.17) is 14.5 Å². The summed E-state index contributed by atoms with van der Waals surface area (Å²) >= 11 is 1.72. The van der Waals surface area contributed by atoms with Crippen molar-refractivity contribution >= 4 is 41.3 Å². The van der Waals surface area contributed by atoms with Crippen molar-refractivity contribution in [3.05, 3.63) is 44.9 Å². The fourth-order valence-electron chi connectivity index (χ4n) is 3.29. The highest BCUT2D eigenvalue weighted by Crippen LogP contribution is 2.23. The van der Waals surface area contributed by atoms with E-state index in [0.29, 0.717) is 13.2 Å². The Balaban J connectivity index is 0.00000320. The lowest BCUT2D eigenvalue weighted by molar-refractivity contribution is 0.0676. The van der Waals surface area contributed by atoms with Crippen molar-refractivity contribution in [3.63, 3.8) is 0 Å². The molecule has 0 amide bonds. The average molecular weight is 545 g/mol. The lowest BCUT2D eigenvalue weighted by atomic mass is 10.1. The van der Waals surface area contributed by atoms with Gasteiger partial charge in [-0.15, -0.1) is 35.3 Å². The van der Waals surface area contributed by atoms with Crippen molar-refractivity contribution < 1.29 is 9.47 Å². The van der Waals surface area contributed by atoms with Crippen LogP contribution in [0.5, 0.6) is 5.75 Å². The first-order chi connectivity index (χ1) is 14.0. The van der Waals surface area contributed by atoms with Gasteiger partial charge in [-0.3, -0.25) is 0 Å². The molecule has 0 bridgehead atoms. The van der Waals surface area contributed by atoms with E-state index >= 15 is 0 Å². The fourth-order valence-corrected chi connectivity index (χ4v) is 4.17. The number of nitrogens with zero attached hydrogens (tertiary/aromatic N) is 2. The van der Waals surface area contributed by atoms with Crippen molar-refractivity contribution in [2.24, 2.45) is 4.99 Å². The van der Waals surface area contributed by atoms with Gasteiger partial charge < -0.3 is 20.1 Å². The smallest absolute Gasteiger partial charge is 0.191 e. The van der Waals surface area contributed by atoms with Gasteiger partial charge >= 0.3 is 0 Å². The Morgan fingerprint density at radius 3 is 2.80 bits per heavy atom. The fraction of sp³-hybridized carbons (Fsp3) is 0.545. The topological polar surface area (TPSA) is 67.8 Å². The van der Waals surface area contributed by atoms with Crippen LogP contribution in [0.1, 0.15) is 46.5 Å². The lowest BCUT2D eigenvalue weighted by Crippen LogP contribution is -2.36. The zero-order valence-electron chi connectivity index (χ0n) is 18.3. The van der Waals surface area contributed by atoms with Crippen molar-refractivity contribution in [2.75, 3.05) is 19.8 Å². The summed E-state index contributed by atoms with van der Waals surface area (Å²) in [6.07, 6.45) is 2.40. The van der Waals surface area contributed by atoms with Crippen LogP contribution < -0.4 is 15.4 Å². The summed E-state index contributed by atoms with van der Waals surface area (Å²) in [5, 5.41) is 7.83. The number of nitrogens with one attached hydrogen (secondary N) is 2. The maximum Gasteiger partial charge on any atom is 0.191 e. The second kappa shape index (κ2) is 12.5. The van der Waals surface area contributed by atoms with Crippen molar-refractivity contribution in [3.8, 4) is 5.75 Å². The molecule has 3 rings (SSSR count). The molecule has 1 saturated heterocycles. The van der Waals surface area contributed by atoms with E-state index in [0.717, 1.165) is 60.5 Å². The van der Waals surface area contributed by atoms with Gasteiger partial charge in [-0.05, 0) is 52.2 Å². The Morgan fingerprint density at radius 2 is 2.13 bits per heavy atom. The molecule has 1 atom stereocenters. The lowest BCUT2D eigenvalue weighted by Gasteiger charge is -2.15. The van der Waals surface area contributed by atoms with Crippen molar-refractivity contribution in [1.82, 2.24) is 15.6 Å². The number of aromatic nitrogens is 1. The van der Waals surface area contributed by atoms with Crippen LogP contribution in [0.25, 0.3) is 0 Å². The van der Waals surface area contributed by atoms with E-state index in [9.17, 15) is 0 Å². The number of aryl methyl sites for hydroxylation is 3. The Labute approximate surface area is 200 Å². The number of hydrogen-bond donors (Lipinski definition) is 2. The quantitative estimate of drug-likeness (QED) is 0.291. The Bertz CT molecular complexity index is 835. The summed E-state index contributed by atoms with van der Waals surface area (Å²) in [6, 6.07) is 6.29. The van der Waals surface area contributed by atoms with Crippen LogP contribution >= 0.6 is 35.3 Å². The van der Waals surface area contributed by atoms with Crippen LogP contribution in [-0.2, 0) is 17.8 Å². The van der Waals surface area contributed by atoms with Crippen LogP contribution in [-0.4, -0.2) is 36.8 Å². The second-order valence-corrected chi connectivity index (χ2v) is 8.64. The van der Waals surface area contributed by atoms with Crippen LogP contribution in [0.3, 0.4) is 0 Å². The summed E-state index contributed by atoms with van der Waals surface area (Å²) in [5.41, 5.74) is 3.34. The number of thiazole rings is 1. The molecule has 0 radical (unpaired) electrons. The molecule has 0 spiro atoms. The van der Waals surface area contributed by atoms with Gasteiger partial charge in [0.05, 0.1) is 29.9 Å². The molecule has 1 unspecified atom stereocenters. The minimum Gasteiger partial charge on any atom is -0.491 e. The molecular formula is C22H33IN4O2S. The molecule has 0 aliphatic carbocycles. The Kier molecular flexibility index (Phi) is 10.3. The van der Waals surface area contributed by atoms with E-state index in [1.165, 1.54) is 10.4 Å². The molecule has 1 fully saturated rings. The highest BCUT2D eigenvalue weighted by Gasteiger charge is 2.17. The number of ether oxygens (including phenoxy) is 2. The first kappa shape index (κ1) is 24.9. The first-order valence-corrected chi connectivity index (χ1v) is 11.2. The maximum atomic E-state index is 6.10. The molecule has 2 heterocycles. The van der Waals surface area contributed by atoms with E-state index in [1.54, 1.807) is 11.3 Å². The number of rotatable bonds is 8. The van der Waals surface area contributed by atoms with Crippen molar-refractivity contribution in [1.29, 1.82) is 0 Å². The van der Waals surface area contributed by atoms with Gasteiger partial charge in [0, 0.05) is 23.6 Å². The molecular weight excluding hydrogens is 511 g/mol. The number of benzene rings is 1. The number of aliphatic imine (C=N–C) groups is 1. The molecule has 166 valence electrons. The SMILES string of the molecule is CCNC(=NCc1ccc(C)cc1OCC1CCCO1)NCc1sc(C)nc1C.I. The number of halogens is 1. The third kappa shape index (κ3) is 7.39. The summed E-state index contributed by atoms with van der Waals surface area (Å²) in [7, 11) is 0. The molecule has 1 aliphatic heterocycles. The normalized spacial score (nSPS) is 16.3. The highest BCUT2D eigenvalue weighted by molar-refractivity contribution is 14.0. The maximum absolute atomic E-state index is 6.10. The van der Waals surface area contributed by atoms with E-state index in [-0.39, 0.29) is 30.1 Å². The van der Waals surface area contributed by atoms with Gasteiger partial charge in [-0.2, -0.15) is 0 Å². The molecule has 1 aliphatic rings. The molecule has 30 heavy (non-hydrogen) atoms. The average Bonchev–Trinajstić information content (AvgIpc) is 3.32. The van der Waals surface area contributed by atoms with Gasteiger partial charge in [0.15, 0.2) is 5.96 Å². The van der Waals surface area contributed by atoms with Crippen LogP contribution in [0.15, 0.2) is 23.2 Å². The van der Waals surface area contributed by atoms with Gasteiger partial charge in [0.2, 0.25) is 0 Å². The van der Waals surface area contributed by atoms with E-state index < -0.39 is 0 Å². The molecule has 8 heteroatoms. The van der Waals surface area contributed by atoms with E-state index in [1.807, 2.05) is 6.92 Å². The van der Waals surface area contributed by atoms with Crippen molar-refractivity contribution in [2.45, 2.75) is 59.7 Å². The van der Waals surface area contributed by atoms with Crippen LogP contribution in [0.4, 0.5) is 0 Å². The second-order valence-electron chi connectivity index (χ2n) is 7.35. The first-order valence-electron chi connectivity index (χ1n) is 10.3. The third-order valence-corrected chi connectivity index (χ3v) is 5.91. The monoisotopic (exact) mass is 544 g/mol. The Hall–Kier alpha value is -1.39. The highest BCUT2D eigenvalue weighted by atomic mass is 127. The predicted molar refractivity (Wildman–Crippen MR) is 134 cm³/mol. The van der Waals surface area contributed by atoms with Gasteiger partial charge in [0.25, 0.3) is 0 Å². The summed E-state index contributed by atoms with van der Waals surface area (Å²) < 4.78 is 11.8. The summed E-state index contributed by atoms with van der Waals surface area (Å²) in [4.78, 5) is 10.5.